The van der Waals surface area contributed by atoms with E-state index in [0.717, 1.165) is 55.2 Å². The minimum absolute atomic E-state index is 0.0758. The zero-order valence-corrected chi connectivity index (χ0v) is 22.9. The number of aromatic nitrogens is 1. The van der Waals surface area contributed by atoms with Crippen molar-refractivity contribution in [2.45, 2.75) is 40.3 Å². The zero-order chi connectivity index (χ0) is 27.9. The van der Waals surface area contributed by atoms with Crippen LogP contribution in [-0.4, -0.2) is 48.0 Å². The van der Waals surface area contributed by atoms with Gasteiger partial charge in [-0.2, -0.15) is 0 Å². The van der Waals surface area contributed by atoms with E-state index in [1.807, 2.05) is 51.1 Å². The number of aromatic amines is 1. The second-order valence-electron chi connectivity index (χ2n) is 9.78. The summed E-state index contributed by atoms with van der Waals surface area (Å²) in [6.45, 7) is 13.4. The molecule has 8 nitrogen and oxygen atoms in total. The Balaban J connectivity index is 1.65. The molecule has 2 aromatic carbocycles. The number of hydrogen-bond acceptors (Lipinski definition) is 5. The smallest absolute Gasteiger partial charge is 0.253 e. The van der Waals surface area contributed by atoms with Crippen LogP contribution in [0.5, 0.6) is 0 Å². The number of rotatable bonds is 9. The monoisotopic (exact) mass is 528 g/mol. The Kier molecular flexibility index (Phi) is 9.11. The largest absolute Gasteiger partial charge is 0.379 e. The van der Waals surface area contributed by atoms with E-state index in [1.54, 1.807) is 0 Å². The van der Waals surface area contributed by atoms with Crippen LogP contribution in [0.1, 0.15) is 45.2 Å². The van der Waals surface area contributed by atoms with Gasteiger partial charge in [0.05, 0.1) is 24.5 Å². The molecule has 0 saturated carbocycles. The molecule has 2 heterocycles. The van der Waals surface area contributed by atoms with Gasteiger partial charge in [-0.05, 0) is 54.7 Å². The van der Waals surface area contributed by atoms with Gasteiger partial charge in [0.25, 0.3) is 11.5 Å². The van der Waals surface area contributed by atoms with Crippen LogP contribution in [0.2, 0.25) is 0 Å². The molecule has 1 aromatic heterocycles. The lowest BCUT2D eigenvalue weighted by Gasteiger charge is -2.26. The Bertz CT molecular complexity index is 1420. The Morgan fingerprint density at radius 1 is 1.10 bits per heavy atom. The number of hydrogen-bond donors (Lipinski definition) is 3. The van der Waals surface area contributed by atoms with Crippen molar-refractivity contribution in [3.05, 3.63) is 99.0 Å². The first-order chi connectivity index (χ1) is 18.8. The summed E-state index contributed by atoms with van der Waals surface area (Å²) in [6, 6.07) is 13.8. The fourth-order valence-electron chi connectivity index (χ4n) is 4.90. The van der Waals surface area contributed by atoms with Gasteiger partial charge < -0.3 is 20.4 Å². The van der Waals surface area contributed by atoms with Crippen LogP contribution in [0.4, 0.5) is 5.69 Å². The van der Waals surface area contributed by atoms with Crippen LogP contribution in [0.3, 0.4) is 0 Å². The van der Waals surface area contributed by atoms with Crippen molar-refractivity contribution in [2.75, 3.05) is 31.6 Å². The predicted octanol–water partition coefficient (Wildman–Crippen LogP) is 4.11. The van der Waals surface area contributed by atoms with Crippen LogP contribution in [0.15, 0.2) is 59.9 Å². The van der Waals surface area contributed by atoms with Crippen molar-refractivity contribution in [1.82, 2.24) is 15.2 Å². The molecule has 3 aromatic rings. The molecule has 0 spiro atoms. The quantitative estimate of drug-likeness (QED) is 0.363. The van der Waals surface area contributed by atoms with Crippen molar-refractivity contribution >= 4 is 17.5 Å². The number of nitrogens with zero attached hydrogens (tertiary/aromatic N) is 1. The topological polar surface area (TPSA) is 104 Å². The van der Waals surface area contributed by atoms with Gasteiger partial charge in [-0.3, -0.25) is 19.3 Å². The number of pyridine rings is 1. The van der Waals surface area contributed by atoms with Gasteiger partial charge in [-0.1, -0.05) is 49.9 Å². The maximum Gasteiger partial charge on any atom is 0.253 e. The fraction of sp³-hybridized carbons (Fsp3) is 0.323. The molecule has 1 aliphatic heterocycles. The normalized spacial score (nSPS) is 13.6. The van der Waals surface area contributed by atoms with Crippen LogP contribution in [0.25, 0.3) is 11.1 Å². The maximum atomic E-state index is 13.6. The van der Waals surface area contributed by atoms with E-state index in [0.29, 0.717) is 28.8 Å². The molecule has 0 aliphatic carbocycles. The van der Waals surface area contributed by atoms with Crippen LogP contribution >= 0.6 is 0 Å². The SMILES string of the molecule is C=CC(=O)Nc1c(-c2ccc(CN3CCOCC3)cc2)ccc(C)c1C(=O)NCc1c(CC)cc(C)[nH]c1=O. The molecular formula is C31H36N4O4. The average molecular weight is 529 g/mol. The first-order valence-electron chi connectivity index (χ1n) is 13.3. The van der Waals surface area contributed by atoms with Gasteiger partial charge >= 0.3 is 0 Å². The highest BCUT2D eigenvalue weighted by atomic mass is 16.5. The molecule has 1 aliphatic rings. The van der Waals surface area contributed by atoms with E-state index < -0.39 is 5.91 Å². The number of aryl methyl sites for hydroxylation is 3. The lowest BCUT2D eigenvalue weighted by Crippen LogP contribution is -2.35. The zero-order valence-electron chi connectivity index (χ0n) is 22.9. The van der Waals surface area contributed by atoms with Crippen molar-refractivity contribution in [3.63, 3.8) is 0 Å². The molecule has 204 valence electrons. The molecule has 1 fully saturated rings. The summed E-state index contributed by atoms with van der Waals surface area (Å²) in [7, 11) is 0. The summed E-state index contributed by atoms with van der Waals surface area (Å²) in [5.74, 6) is -0.789. The number of carbonyl (C=O) groups excluding carboxylic acids is 2. The third-order valence-corrected chi connectivity index (χ3v) is 7.02. The second-order valence-corrected chi connectivity index (χ2v) is 9.78. The van der Waals surface area contributed by atoms with Gasteiger partial charge in [0.15, 0.2) is 0 Å². The van der Waals surface area contributed by atoms with Crippen molar-refractivity contribution in [3.8, 4) is 11.1 Å². The van der Waals surface area contributed by atoms with E-state index in [-0.39, 0.29) is 18.0 Å². The van der Waals surface area contributed by atoms with E-state index in [9.17, 15) is 14.4 Å². The predicted molar refractivity (Wildman–Crippen MR) is 154 cm³/mol. The molecule has 0 atom stereocenters. The highest BCUT2D eigenvalue weighted by Crippen LogP contribution is 2.34. The number of H-pyrrole nitrogens is 1. The fourth-order valence-corrected chi connectivity index (χ4v) is 4.90. The summed E-state index contributed by atoms with van der Waals surface area (Å²) in [5, 5.41) is 5.77. The molecule has 1 saturated heterocycles. The number of morpholine rings is 1. The first-order valence-corrected chi connectivity index (χ1v) is 13.3. The molecule has 0 bridgehead atoms. The van der Waals surface area contributed by atoms with Crippen molar-refractivity contribution in [2.24, 2.45) is 0 Å². The van der Waals surface area contributed by atoms with Gasteiger partial charge in [0.2, 0.25) is 5.91 Å². The third kappa shape index (κ3) is 6.71. The number of benzene rings is 2. The lowest BCUT2D eigenvalue weighted by atomic mass is 9.95. The van der Waals surface area contributed by atoms with Crippen LogP contribution < -0.4 is 16.2 Å². The Morgan fingerprint density at radius 3 is 2.49 bits per heavy atom. The van der Waals surface area contributed by atoms with E-state index >= 15 is 0 Å². The summed E-state index contributed by atoms with van der Waals surface area (Å²) in [5.41, 5.74) is 6.21. The molecule has 0 radical (unpaired) electrons. The minimum Gasteiger partial charge on any atom is -0.379 e. The molecule has 39 heavy (non-hydrogen) atoms. The molecule has 2 amide bonds. The highest BCUT2D eigenvalue weighted by Gasteiger charge is 2.21. The Morgan fingerprint density at radius 2 is 1.82 bits per heavy atom. The maximum absolute atomic E-state index is 13.6. The molecule has 3 N–H and O–H groups in total. The van der Waals surface area contributed by atoms with E-state index in [4.69, 9.17) is 4.74 Å². The third-order valence-electron chi connectivity index (χ3n) is 7.02. The average Bonchev–Trinajstić information content (AvgIpc) is 2.93. The van der Waals surface area contributed by atoms with E-state index in [1.165, 1.54) is 11.6 Å². The van der Waals surface area contributed by atoms with Crippen molar-refractivity contribution < 1.29 is 14.3 Å². The van der Waals surface area contributed by atoms with Gasteiger partial charge in [-0.25, -0.2) is 0 Å². The van der Waals surface area contributed by atoms with Crippen molar-refractivity contribution in [1.29, 1.82) is 0 Å². The molecule has 4 rings (SSSR count). The number of ether oxygens (including phenoxy) is 1. The van der Waals surface area contributed by atoms with E-state index in [2.05, 4.69) is 39.2 Å². The number of nitrogens with one attached hydrogen (secondary N) is 3. The second kappa shape index (κ2) is 12.7. The van der Waals surface area contributed by atoms with Gasteiger partial charge in [0, 0.05) is 43.0 Å². The first kappa shape index (κ1) is 28.0. The molecular weight excluding hydrogens is 492 g/mol. The summed E-state index contributed by atoms with van der Waals surface area (Å²) < 4.78 is 5.44. The van der Waals surface area contributed by atoms with Gasteiger partial charge in [0.1, 0.15) is 0 Å². The summed E-state index contributed by atoms with van der Waals surface area (Å²) >= 11 is 0. The standard InChI is InChI=1S/C31H36N4O4/c1-5-23-17-21(4)33-30(37)26(23)18-32-31(38)28-20(3)7-12-25(29(28)34-27(36)6-2)24-10-8-22(9-11-24)19-35-13-15-39-16-14-35/h6-12,17H,2,5,13-16,18-19H2,1,3-4H3,(H,32,38)(H,33,37)(H,34,36). The molecule has 8 heteroatoms. The van der Waals surface area contributed by atoms with Gasteiger partial charge in [-0.15, -0.1) is 0 Å². The number of anilines is 1. The van der Waals surface area contributed by atoms with Crippen LogP contribution in [0, 0.1) is 13.8 Å². The van der Waals surface area contributed by atoms with Crippen LogP contribution in [-0.2, 0) is 29.0 Å². The number of carbonyl (C=O) groups is 2. The summed E-state index contributed by atoms with van der Waals surface area (Å²) in [6.07, 6.45) is 1.85. The minimum atomic E-state index is -0.414. The number of amides is 2. The Hall–Kier alpha value is -4.01. The molecule has 0 unspecified atom stereocenters. The lowest BCUT2D eigenvalue weighted by molar-refractivity contribution is -0.111. The highest BCUT2D eigenvalue weighted by molar-refractivity contribution is 6.10. The summed E-state index contributed by atoms with van der Waals surface area (Å²) in [4.78, 5) is 43.8. The Labute approximate surface area is 229 Å².